The lowest BCUT2D eigenvalue weighted by Gasteiger charge is -2.37. The summed E-state index contributed by atoms with van der Waals surface area (Å²) in [6.07, 6.45) is 4.33. The molecule has 2 fully saturated rings. The van der Waals surface area contributed by atoms with Crippen molar-refractivity contribution in [3.8, 4) is 6.07 Å². The van der Waals surface area contributed by atoms with Crippen LogP contribution in [0.1, 0.15) is 25.7 Å². The average Bonchev–Trinajstić information content (AvgIpc) is 2.48. The normalized spacial score (nSPS) is 25.9. The molecule has 2 aliphatic rings. The van der Waals surface area contributed by atoms with Crippen LogP contribution in [-0.2, 0) is 14.8 Å². The molecular weight excluding hydrogens is 284 g/mol. The van der Waals surface area contributed by atoms with Crippen LogP contribution >= 0.6 is 11.8 Å². The molecule has 0 bridgehead atoms. The topological polar surface area (TPSA) is 70.4 Å². The van der Waals surface area contributed by atoms with Crippen molar-refractivity contribution in [3.63, 3.8) is 0 Å². The van der Waals surface area contributed by atoms with Gasteiger partial charge < -0.3 is 4.74 Å². The highest BCUT2D eigenvalue weighted by Crippen LogP contribution is 2.35. The van der Waals surface area contributed by atoms with Crippen LogP contribution < -0.4 is 0 Å². The van der Waals surface area contributed by atoms with E-state index in [1.54, 1.807) is 4.31 Å². The van der Waals surface area contributed by atoms with Gasteiger partial charge in [0.2, 0.25) is 10.0 Å². The second-order valence-corrected chi connectivity index (χ2v) is 8.47. The van der Waals surface area contributed by atoms with Crippen LogP contribution in [0, 0.1) is 11.3 Å². The lowest BCUT2D eigenvalue weighted by molar-refractivity contribution is 0.0969. The Balaban J connectivity index is 2.02. The molecule has 0 aromatic heterocycles. The van der Waals surface area contributed by atoms with Gasteiger partial charge in [-0.2, -0.15) is 5.26 Å². The minimum atomic E-state index is -3.22. The van der Waals surface area contributed by atoms with Gasteiger partial charge in [0.05, 0.1) is 11.3 Å². The maximum absolute atomic E-state index is 12.5. The molecule has 2 aliphatic heterocycles. The first kappa shape index (κ1) is 15.1. The molecule has 2 saturated heterocycles. The highest BCUT2D eigenvalue weighted by molar-refractivity contribution is 8.00. The van der Waals surface area contributed by atoms with Crippen LogP contribution in [0.3, 0.4) is 0 Å². The molecule has 19 heavy (non-hydrogen) atoms. The molecule has 0 N–H and O–H groups in total. The molecule has 0 saturated carbocycles. The van der Waals surface area contributed by atoms with Crippen LogP contribution in [-0.4, -0.2) is 55.3 Å². The maximum Gasteiger partial charge on any atom is 0.217 e. The summed E-state index contributed by atoms with van der Waals surface area (Å²) in [5.41, 5.74) is 0. The van der Waals surface area contributed by atoms with Gasteiger partial charge >= 0.3 is 0 Å². The number of nitriles is 1. The van der Waals surface area contributed by atoms with Gasteiger partial charge in [-0.15, -0.1) is 11.8 Å². The molecule has 0 atom stereocenters. The fourth-order valence-corrected chi connectivity index (χ4v) is 5.23. The zero-order chi connectivity index (χ0) is 13.9. The van der Waals surface area contributed by atoms with Crippen molar-refractivity contribution >= 4 is 21.8 Å². The number of hydrogen-bond donors (Lipinski definition) is 0. The SMILES string of the molecule is CSC1(C#N)CCN(S(=O)(=O)C2CCOCC2)CC1. The fraction of sp³-hybridized carbons (Fsp3) is 0.917. The predicted octanol–water partition coefficient (Wildman–Crippen LogP) is 1.22. The number of sulfonamides is 1. The number of hydrogen-bond acceptors (Lipinski definition) is 5. The molecule has 0 aliphatic carbocycles. The van der Waals surface area contributed by atoms with Gasteiger partial charge in [0.1, 0.15) is 4.75 Å². The third-order valence-electron chi connectivity index (χ3n) is 4.07. The van der Waals surface area contributed by atoms with E-state index in [0.29, 0.717) is 52.0 Å². The van der Waals surface area contributed by atoms with E-state index in [-0.39, 0.29) is 5.25 Å². The van der Waals surface area contributed by atoms with Crippen molar-refractivity contribution in [2.24, 2.45) is 0 Å². The smallest absolute Gasteiger partial charge is 0.217 e. The van der Waals surface area contributed by atoms with Crippen LogP contribution in [0.25, 0.3) is 0 Å². The predicted molar refractivity (Wildman–Crippen MR) is 75.4 cm³/mol. The average molecular weight is 304 g/mol. The molecule has 7 heteroatoms. The van der Waals surface area contributed by atoms with Crippen LogP contribution in [0.5, 0.6) is 0 Å². The first-order chi connectivity index (χ1) is 9.04. The molecule has 0 amide bonds. The molecule has 0 radical (unpaired) electrons. The van der Waals surface area contributed by atoms with Crippen molar-refractivity contribution in [1.29, 1.82) is 5.26 Å². The molecule has 2 heterocycles. The highest BCUT2D eigenvalue weighted by Gasteiger charge is 2.40. The standard InChI is InChI=1S/C12H20N2O3S2/c1-18-12(10-13)4-6-14(7-5-12)19(15,16)11-2-8-17-9-3-11/h11H,2-9H2,1H3. The van der Waals surface area contributed by atoms with Gasteiger partial charge in [-0.1, -0.05) is 0 Å². The second-order valence-electron chi connectivity index (χ2n) is 5.07. The van der Waals surface area contributed by atoms with E-state index in [1.807, 2.05) is 6.26 Å². The Kier molecular flexibility index (Phi) is 4.77. The van der Waals surface area contributed by atoms with Crippen LogP contribution in [0.4, 0.5) is 0 Å². The maximum atomic E-state index is 12.5. The van der Waals surface area contributed by atoms with Gasteiger partial charge in [0.15, 0.2) is 0 Å². The molecule has 108 valence electrons. The number of rotatable bonds is 3. The van der Waals surface area contributed by atoms with E-state index in [1.165, 1.54) is 11.8 Å². The first-order valence-corrected chi connectivity index (χ1v) is 9.30. The van der Waals surface area contributed by atoms with E-state index >= 15 is 0 Å². The lowest BCUT2D eigenvalue weighted by Crippen LogP contribution is -2.48. The Morgan fingerprint density at radius 2 is 1.89 bits per heavy atom. The van der Waals surface area contributed by atoms with Crippen molar-refractivity contribution in [1.82, 2.24) is 4.31 Å². The van der Waals surface area contributed by atoms with Crippen molar-refractivity contribution in [2.45, 2.75) is 35.7 Å². The molecule has 5 nitrogen and oxygen atoms in total. The third-order valence-corrected chi connectivity index (χ3v) is 7.75. The summed E-state index contributed by atoms with van der Waals surface area (Å²) in [5, 5.41) is 8.92. The molecule has 2 rings (SSSR count). The Bertz CT molecular complexity index is 444. The van der Waals surface area contributed by atoms with Crippen molar-refractivity contribution in [3.05, 3.63) is 0 Å². The Morgan fingerprint density at radius 3 is 2.37 bits per heavy atom. The summed E-state index contributed by atoms with van der Waals surface area (Å²) in [6, 6.07) is 2.34. The molecule has 0 spiro atoms. The summed E-state index contributed by atoms with van der Waals surface area (Å²) in [7, 11) is -3.22. The van der Waals surface area contributed by atoms with E-state index in [2.05, 4.69) is 6.07 Å². The molecule has 0 unspecified atom stereocenters. The van der Waals surface area contributed by atoms with Gasteiger partial charge in [0, 0.05) is 26.3 Å². The second kappa shape index (κ2) is 6.00. The molecular formula is C12H20N2O3S2. The monoisotopic (exact) mass is 304 g/mol. The quantitative estimate of drug-likeness (QED) is 0.784. The molecule has 0 aromatic rings. The summed E-state index contributed by atoms with van der Waals surface area (Å²) in [5.74, 6) is 0. The highest BCUT2D eigenvalue weighted by atomic mass is 32.2. The largest absolute Gasteiger partial charge is 0.381 e. The number of nitrogens with zero attached hydrogens (tertiary/aromatic N) is 2. The van der Waals surface area contributed by atoms with Gasteiger partial charge in [-0.3, -0.25) is 0 Å². The number of thioether (sulfide) groups is 1. The van der Waals surface area contributed by atoms with Crippen molar-refractivity contribution < 1.29 is 13.2 Å². The van der Waals surface area contributed by atoms with E-state index in [0.717, 1.165) is 0 Å². The number of piperidine rings is 1. The molecule has 0 aromatic carbocycles. The number of ether oxygens (including phenoxy) is 1. The zero-order valence-electron chi connectivity index (χ0n) is 11.2. The summed E-state index contributed by atoms with van der Waals surface area (Å²) in [6.45, 7) is 2.00. The lowest BCUT2D eigenvalue weighted by atomic mass is 9.99. The Morgan fingerprint density at radius 1 is 1.32 bits per heavy atom. The van der Waals surface area contributed by atoms with E-state index in [9.17, 15) is 13.7 Å². The minimum Gasteiger partial charge on any atom is -0.381 e. The third kappa shape index (κ3) is 3.07. The summed E-state index contributed by atoms with van der Waals surface area (Å²) >= 11 is 1.54. The van der Waals surface area contributed by atoms with E-state index < -0.39 is 14.8 Å². The van der Waals surface area contributed by atoms with Crippen LogP contribution in [0.2, 0.25) is 0 Å². The Hall–Kier alpha value is -0.290. The summed E-state index contributed by atoms with van der Waals surface area (Å²) in [4.78, 5) is 0. The van der Waals surface area contributed by atoms with E-state index in [4.69, 9.17) is 4.74 Å². The van der Waals surface area contributed by atoms with Crippen molar-refractivity contribution in [2.75, 3.05) is 32.6 Å². The van der Waals surface area contributed by atoms with Gasteiger partial charge in [-0.25, -0.2) is 12.7 Å². The summed E-state index contributed by atoms with van der Waals surface area (Å²) < 4.78 is 31.4. The fourth-order valence-electron chi connectivity index (χ4n) is 2.65. The zero-order valence-corrected chi connectivity index (χ0v) is 12.8. The van der Waals surface area contributed by atoms with Gasteiger partial charge in [-0.05, 0) is 31.9 Å². The first-order valence-electron chi connectivity index (χ1n) is 6.57. The Labute approximate surface area is 119 Å². The van der Waals surface area contributed by atoms with Gasteiger partial charge in [0.25, 0.3) is 0 Å². The minimum absolute atomic E-state index is 0.301. The van der Waals surface area contributed by atoms with Crippen LogP contribution in [0.15, 0.2) is 0 Å².